The predicted molar refractivity (Wildman–Crippen MR) is 72.7 cm³/mol. The minimum atomic E-state index is -0.719. The Morgan fingerprint density at radius 2 is 2.12 bits per heavy atom. The predicted octanol–water partition coefficient (Wildman–Crippen LogP) is 3.66. The van der Waals surface area contributed by atoms with Gasteiger partial charge in [0.15, 0.2) is 0 Å². The van der Waals surface area contributed by atoms with E-state index < -0.39 is 5.97 Å². The number of carboxylic acid groups (broad SMARTS) is 1. The van der Waals surface area contributed by atoms with Gasteiger partial charge in [-0.1, -0.05) is 18.0 Å². The third-order valence-corrected chi connectivity index (χ3v) is 3.68. The van der Waals surface area contributed by atoms with E-state index in [0.29, 0.717) is 10.7 Å². The van der Waals surface area contributed by atoms with Crippen LogP contribution in [0.3, 0.4) is 0 Å². The van der Waals surface area contributed by atoms with E-state index in [-0.39, 0.29) is 6.42 Å². The van der Waals surface area contributed by atoms with Crippen molar-refractivity contribution in [1.29, 1.82) is 0 Å². The Balaban J connectivity index is 2.18. The number of nitrogens with two attached hydrogens (primary N) is 1. The fourth-order valence-electron chi connectivity index (χ4n) is 1.34. The summed E-state index contributed by atoms with van der Waals surface area (Å²) in [6, 6.07) is 5.61. The Labute approximate surface area is 110 Å². The molecule has 0 radical (unpaired) electrons. The lowest BCUT2D eigenvalue weighted by molar-refractivity contribution is -0.137. The monoisotopic (exact) mass is 273 g/mol. The summed E-state index contributed by atoms with van der Waals surface area (Å²) < 4.78 is 0. The molecule has 3 nitrogen and oxygen atoms in total. The number of hydrogen-bond donors (Lipinski definition) is 2. The molecular weight excluding hydrogens is 258 g/mol. The van der Waals surface area contributed by atoms with E-state index in [1.807, 2.05) is 12.1 Å². The molecule has 5 heteroatoms. The van der Waals surface area contributed by atoms with E-state index in [1.165, 1.54) is 0 Å². The first-order valence-electron chi connectivity index (χ1n) is 5.49. The zero-order chi connectivity index (χ0) is 12.7. The van der Waals surface area contributed by atoms with Crippen LogP contribution in [0.2, 0.25) is 5.02 Å². The molecule has 1 rings (SSSR count). The number of hydrogen-bond acceptors (Lipinski definition) is 3. The van der Waals surface area contributed by atoms with Gasteiger partial charge in [-0.2, -0.15) is 0 Å². The maximum atomic E-state index is 10.3. The molecule has 0 aromatic heterocycles. The van der Waals surface area contributed by atoms with Crippen molar-refractivity contribution in [2.24, 2.45) is 0 Å². The van der Waals surface area contributed by atoms with E-state index in [9.17, 15) is 4.79 Å². The first kappa shape index (κ1) is 14.2. The Kier molecular flexibility index (Phi) is 6.22. The molecule has 0 unspecified atom stereocenters. The number of unbranched alkanes of at least 4 members (excludes halogenated alkanes) is 2. The van der Waals surface area contributed by atoms with E-state index >= 15 is 0 Å². The average molecular weight is 274 g/mol. The molecule has 0 aliphatic carbocycles. The quantitative estimate of drug-likeness (QED) is 0.452. The van der Waals surface area contributed by atoms with Gasteiger partial charge >= 0.3 is 5.97 Å². The summed E-state index contributed by atoms with van der Waals surface area (Å²) in [7, 11) is 0. The highest BCUT2D eigenvalue weighted by molar-refractivity contribution is 7.99. The van der Waals surface area contributed by atoms with Crippen LogP contribution in [-0.2, 0) is 4.79 Å². The molecule has 0 aliphatic heterocycles. The molecule has 1 aromatic carbocycles. The fourth-order valence-corrected chi connectivity index (χ4v) is 2.54. The standard InChI is InChI=1S/C12H16ClNO2S/c13-10-8-9(5-6-11(10)14)17-7-3-1-2-4-12(15)16/h5-6,8H,1-4,7,14H2,(H,15,16). The van der Waals surface area contributed by atoms with Crippen LogP contribution >= 0.6 is 23.4 Å². The average Bonchev–Trinajstić information content (AvgIpc) is 2.27. The number of halogens is 1. The second-order valence-electron chi connectivity index (χ2n) is 3.74. The molecule has 0 heterocycles. The summed E-state index contributed by atoms with van der Waals surface area (Å²) in [6.07, 6.45) is 2.97. The minimum absolute atomic E-state index is 0.262. The second kappa shape index (κ2) is 7.45. The molecule has 17 heavy (non-hydrogen) atoms. The van der Waals surface area contributed by atoms with Crippen LogP contribution in [0.25, 0.3) is 0 Å². The fraction of sp³-hybridized carbons (Fsp3) is 0.417. The molecule has 0 saturated carbocycles. The Morgan fingerprint density at radius 3 is 2.76 bits per heavy atom. The van der Waals surface area contributed by atoms with Gasteiger partial charge in [0.25, 0.3) is 0 Å². The van der Waals surface area contributed by atoms with E-state index in [2.05, 4.69) is 0 Å². The molecule has 3 N–H and O–H groups in total. The Bertz CT molecular complexity index is 385. The third-order valence-electron chi connectivity index (χ3n) is 2.28. The van der Waals surface area contributed by atoms with Gasteiger partial charge in [-0.15, -0.1) is 11.8 Å². The largest absolute Gasteiger partial charge is 0.481 e. The third kappa shape index (κ3) is 5.84. The Hall–Kier alpha value is -0.870. The lowest BCUT2D eigenvalue weighted by Crippen LogP contribution is -1.93. The number of anilines is 1. The number of nitrogen functional groups attached to an aromatic ring is 1. The molecule has 0 spiro atoms. The molecule has 0 fully saturated rings. The number of carboxylic acids is 1. The summed E-state index contributed by atoms with van der Waals surface area (Å²) in [5, 5.41) is 9.06. The van der Waals surface area contributed by atoms with Gasteiger partial charge in [-0.3, -0.25) is 4.79 Å². The highest BCUT2D eigenvalue weighted by Crippen LogP contribution is 2.26. The van der Waals surface area contributed by atoms with Crippen molar-refractivity contribution in [3.8, 4) is 0 Å². The van der Waals surface area contributed by atoms with Crippen molar-refractivity contribution in [2.45, 2.75) is 30.6 Å². The lowest BCUT2D eigenvalue weighted by Gasteiger charge is -2.03. The van der Waals surface area contributed by atoms with Crippen LogP contribution in [-0.4, -0.2) is 16.8 Å². The van der Waals surface area contributed by atoms with Gasteiger partial charge in [-0.25, -0.2) is 0 Å². The normalized spacial score (nSPS) is 10.4. The van der Waals surface area contributed by atoms with Gasteiger partial charge in [0.05, 0.1) is 10.7 Å². The van der Waals surface area contributed by atoms with Crippen molar-refractivity contribution in [3.05, 3.63) is 23.2 Å². The molecule has 0 saturated heterocycles. The smallest absolute Gasteiger partial charge is 0.303 e. The lowest BCUT2D eigenvalue weighted by atomic mass is 10.2. The van der Waals surface area contributed by atoms with E-state index in [4.69, 9.17) is 22.4 Å². The number of carbonyl (C=O) groups is 1. The minimum Gasteiger partial charge on any atom is -0.481 e. The van der Waals surface area contributed by atoms with Gasteiger partial charge in [0.1, 0.15) is 0 Å². The van der Waals surface area contributed by atoms with Gasteiger partial charge in [-0.05, 0) is 36.8 Å². The summed E-state index contributed by atoms with van der Waals surface area (Å²) in [6.45, 7) is 0. The van der Waals surface area contributed by atoms with E-state index in [0.717, 1.165) is 29.9 Å². The van der Waals surface area contributed by atoms with Crippen LogP contribution in [0.1, 0.15) is 25.7 Å². The number of thioether (sulfide) groups is 1. The number of aliphatic carboxylic acids is 1. The topological polar surface area (TPSA) is 63.3 Å². The molecule has 0 aliphatic rings. The summed E-state index contributed by atoms with van der Waals surface area (Å²) in [5.74, 6) is 0.253. The van der Waals surface area contributed by atoms with Crippen molar-refractivity contribution in [3.63, 3.8) is 0 Å². The van der Waals surface area contributed by atoms with Crippen molar-refractivity contribution < 1.29 is 9.90 Å². The number of benzene rings is 1. The first-order valence-corrected chi connectivity index (χ1v) is 6.85. The highest BCUT2D eigenvalue weighted by atomic mass is 35.5. The molecule has 0 atom stereocenters. The molecule has 0 bridgehead atoms. The summed E-state index contributed by atoms with van der Waals surface area (Å²) in [4.78, 5) is 11.4. The van der Waals surface area contributed by atoms with Crippen molar-refractivity contribution in [2.75, 3.05) is 11.5 Å². The van der Waals surface area contributed by atoms with Crippen LogP contribution in [0.5, 0.6) is 0 Å². The van der Waals surface area contributed by atoms with Crippen LogP contribution in [0, 0.1) is 0 Å². The van der Waals surface area contributed by atoms with Gasteiger partial charge < -0.3 is 10.8 Å². The van der Waals surface area contributed by atoms with Gasteiger partial charge in [0, 0.05) is 11.3 Å². The number of rotatable bonds is 7. The Morgan fingerprint density at radius 1 is 1.35 bits per heavy atom. The SMILES string of the molecule is Nc1ccc(SCCCCCC(=O)O)cc1Cl. The van der Waals surface area contributed by atoms with Crippen LogP contribution in [0.4, 0.5) is 5.69 Å². The van der Waals surface area contributed by atoms with Crippen LogP contribution < -0.4 is 5.73 Å². The molecular formula is C12H16ClNO2S. The van der Waals surface area contributed by atoms with Crippen molar-refractivity contribution in [1.82, 2.24) is 0 Å². The summed E-state index contributed by atoms with van der Waals surface area (Å²) >= 11 is 7.62. The molecule has 0 amide bonds. The van der Waals surface area contributed by atoms with E-state index in [1.54, 1.807) is 17.8 Å². The summed E-state index contributed by atoms with van der Waals surface area (Å²) in [5.41, 5.74) is 6.21. The maximum absolute atomic E-state index is 10.3. The van der Waals surface area contributed by atoms with Crippen LogP contribution in [0.15, 0.2) is 23.1 Å². The first-order chi connectivity index (χ1) is 8.09. The highest BCUT2D eigenvalue weighted by Gasteiger charge is 2.00. The zero-order valence-corrected chi connectivity index (χ0v) is 11.1. The zero-order valence-electron chi connectivity index (χ0n) is 9.49. The van der Waals surface area contributed by atoms with Crippen molar-refractivity contribution >= 4 is 35.0 Å². The van der Waals surface area contributed by atoms with Gasteiger partial charge in [0.2, 0.25) is 0 Å². The molecule has 94 valence electrons. The second-order valence-corrected chi connectivity index (χ2v) is 5.31. The molecule has 1 aromatic rings. The maximum Gasteiger partial charge on any atom is 0.303 e.